The molecule has 0 aliphatic rings. The van der Waals surface area contributed by atoms with Crippen LogP contribution in [0.5, 0.6) is 0 Å². The third-order valence-corrected chi connectivity index (χ3v) is 2.21. The predicted octanol–water partition coefficient (Wildman–Crippen LogP) is 2.45. The smallest absolute Gasteiger partial charge is 0.141 e. The monoisotopic (exact) mass is 201 g/mol. The van der Waals surface area contributed by atoms with Crippen LogP contribution in [0.1, 0.15) is 32.5 Å². The van der Waals surface area contributed by atoms with Crippen molar-refractivity contribution in [3.05, 3.63) is 12.2 Å². The van der Waals surface area contributed by atoms with Crippen LogP contribution in [0.15, 0.2) is 6.33 Å². The Labute approximate surface area is 84.1 Å². The zero-order chi connectivity index (χ0) is 9.68. The fraction of sp³-hybridized carbons (Fsp3) is 0.778. The van der Waals surface area contributed by atoms with Gasteiger partial charge in [0.05, 0.1) is 5.88 Å². The highest BCUT2D eigenvalue weighted by Crippen LogP contribution is 2.06. The summed E-state index contributed by atoms with van der Waals surface area (Å²) in [5.74, 6) is 2.06. The van der Waals surface area contributed by atoms with Crippen LogP contribution in [-0.4, -0.2) is 14.8 Å². The van der Waals surface area contributed by atoms with E-state index in [1.165, 1.54) is 6.42 Å². The molecule has 0 spiro atoms. The van der Waals surface area contributed by atoms with Crippen LogP contribution in [0.25, 0.3) is 0 Å². The minimum absolute atomic E-state index is 0.446. The molecule has 4 heteroatoms. The zero-order valence-corrected chi connectivity index (χ0v) is 8.96. The van der Waals surface area contributed by atoms with E-state index >= 15 is 0 Å². The molecule has 1 aromatic heterocycles. The normalized spacial score (nSPS) is 11.1. The number of halogens is 1. The number of hydrogen-bond donors (Lipinski definition) is 0. The Bertz CT molecular complexity index is 245. The van der Waals surface area contributed by atoms with Gasteiger partial charge in [-0.05, 0) is 18.8 Å². The average molecular weight is 202 g/mol. The van der Waals surface area contributed by atoms with Gasteiger partial charge in [0.15, 0.2) is 0 Å². The topological polar surface area (TPSA) is 30.7 Å². The van der Waals surface area contributed by atoms with Gasteiger partial charge in [-0.3, -0.25) is 0 Å². The molecule has 0 aliphatic heterocycles. The molecule has 0 bridgehead atoms. The highest BCUT2D eigenvalue weighted by Gasteiger charge is 2.02. The first-order valence-corrected chi connectivity index (χ1v) is 5.20. The van der Waals surface area contributed by atoms with Gasteiger partial charge < -0.3 is 0 Å². The Hall–Kier alpha value is -0.570. The molecular weight excluding hydrogens is 186 g/mol. The molecule has 3 nitrogen and oxygen atoms in total. The molecule has 0 aromatic carbocycles. The third kappa shape index (κ3) is 3.35. The van der Waals surface area contributed by atoms with Crippen molar-refractivity contribution in [3.63, 3.8) is 0 Å². The summed E-state index contributed by atoms with van der Waals surface area (Å²) in [7, 11) is 0. The molecule has 0 fully saturated rings. The van der Waals surface area contributed by atoms with Crippen molar-refractivity contribution in [2.75, 3.05) is 0 Å². The van der Waals surface area contributed by atoms with E-state index in [-0.39, 0.29) is 0 Å². The van der Waals surface area contributed by atoms with E-state index in [0.29, 0.717) is 5.88 Å². The van der Waals surface area contributed by atoms with Crippen LogP contribution >= 0.6 is 11.6 Å². The lowest BCUT2D eigenvalue weighted by atomic mass is 10.1. The van der Waals surface area contributed by atoms with Crippen molar-refractivity contribution in [1.29, 1.82) is 0 Å². The van der Waals surface area contributed by atoms with Gasteiger partial charge in [-0.2, -0.15) is 5.10 Å². The number of aryl methyl sites for hydroxylation is 1. The quantitative estimate of drug-likeness (QED) is 0.686. The number of aromatic nitrogens is 3. The minimum Gasteiger partial charge on any atom is -0.249 e. The van der Waals surface area contributed by atoms with Crippen LogP contribution in [0.2, 0.25) is 0 Å². The van der Waals surface area contributed by atoms with Crippen LogP contribution in [0.4, 0.5) is 0 Å². The summed E-state index contributed by atoms with van der Waals surface area (Å²) in [6, 6.07) is 0. The summed E-state index contributed by atoms with van der Waals surface area (Å²) in [6.07, 6.45) is 3.93. The van der Waals surface area contributed by atoms with Crippen molar-refractivity contribution in [2.24, 2.45) is 5.92 Å². The summed E-state index contributed by atoms with van der Waals surface area (Å²) in [5.41, 5.74) is 0. The molecule has 1 heterocycles. The van der Waals surface area contributed by atoms with E-state index in [9.17, 15) is 0 Å². The highest BCUT2D eigenvalue weighted by molar-refractivity contribution is 6.16. The van der Waals surface area contributed by atoms with Gasteiger partial charge in [-0.15, -0.1) is 11.6 Å². The number of nitrogens with zero attached hydrogens (tertiary/aromatic N) is 3. The van der Waals surface area contributed by atoms with Crippen molar-refractivity contribution in [2.45, 2.75) is 39.1 Å². The van der Waals surface area contributed by atoms with Gasteiger partial charge in [0.2, 0.25) is 0 Å². The molecule has 0 saturated heterocycles. The Morgan fingerprint density at radius 2 is 2.31 bits per heavy atom. The molecule has 0 amide bonds. The van der Waals surface area contributed by atoms with Crippen LogP contribution in [-0.2, 0) is 12.4 Å². The lowest BCUT2D eigenvalue weighted by molar-refractivity contribution is 0.482. The lowest BCUT2D eigenvalue weighted by Gasteiger charge is -2.05. The van der Waals surface area contributed by atoms with Crippen molar-refractivity contribution in [3.8, 4) is 0 Å². The van der Waals surface area contributed by atoms with E-state index in [0.717, 1.165) is 24.7 Å². The van der Waals surface area contributed by atoms with Gasteiger partial charge >= 0.3 is 0 Å². The molecular formula is C9H16ClN3. The maximum atomic E-state index is 5.69. The van der Waals surface area contributed by atoms with Gasteiger partial charge in [0, 0.05) is 6.54 Å². The number of hydrogen-bond acceptors (Lipinski definition) is 2. The third-order valence-electron chi connectivity index (χ3n) is 1.97. The molecule has 0 aliphatic carbocycles. The molecule has 13 heavy (non-hydrogen) atoms. The summed E-state index contributed by atoms with van der Waals surface area (Å²) in [5, 5.41) is 4.10. The molecule has 0 radical (unpaired) electrons. The number of alkyl halides is 1. The van der Waals surface area contributed by atoms with Crippen molar-refractivity contribution in [1.82, 2.24) is 14.8 Å². The fourth-order valence-corrected chi connectivity index (χ4v) is 1.43. The maximum absolute atomic E-state index is 5.69. The largest absolute Gasteiger partial charge is 0.249 e. The second-order valence-electron chi connectivity index (χ2n) is 3.57. The Morgan fingerprint density at radius 3 is 2.92 bits per heavy atom. The summed E-state index contributed by atoms with van der Waals surface area (Å²) in [4.78, 5) is 4.05. The van der Waals surface area contributed by atoms with Gasteiger partial charge in [0.25, 0.3) is 0 Å². The summed E-state index contributed by atoms with van der Waals surface area (Å²) in [6.45, 7) is 5.38. The minimum atomic E-state index is 0.446. The average Bonchev–Trinajstić information content (AvgIpc) is 2.51. The van der Waals surface area contributed by atoms with Crippen molar-refractivity contribution >= 4 is 11.6 Å². The van der Waals surface area contributed by atoms with Gasteiger partial charge in [-0.25, -0.2) is 9.67 Å². The fourth-order valence-electron chi connectivity index (χ4n) is 1.23. The number of rotatable bonds is 5. The van der Waals surface area contributed by atoms with Crippen LogP contribution in [0, 0.1) is 5.92 Å². The van der Waals surface area contributed by atoms with E-state index in [1.54, 1.807) is 6.33 Å². The van der Waals surface area contributed by atoms with Gasteiger partial charge in [-0.1, -0.05) is 13.8 Å². The summed E-state index contributed by atoms with van der Waals surface area (Å²) < 4.78 is 1.88. The standard InChI is InChI=1S/C9H16ClN3/c1-8(2)4-3-5-13-9(6-10)11-7-12-13/h7-8H,3-6H2,1-2H3. The van der Waals surface area contributed by atoms with Crippen molar-refractivity contribution < 1.29 is 0 Å². The molecule has 0 unspecified atom stereocenters. The van der Waals surface area contributed by atoms with E-state index in [2.05, 4.69) is 23.9 Å². The second kappa shape index (κ2) is 5.22. The lowest BCUT2D eigenvalue weighted by Crippen LogP contribution is -2.05. The maximum Gasteiger partial charge on any atom is 0.141 e. The molecule has 0 atom stereocenters. The van der Waals surface area contributed by atoms with Crippen LogP contribution in [0.3, 0.4) is 0 Å². The molecule has 0 N–H and O–H groups in total. The first-order chi connectivity index (χ1) is 6.24. The predicted molar refractivity (Wildman–Crippen MR) is 53.7 cm³/mol. The highest BCUT2D eigenvalue weighted by atomic mass is 35.5. The van der Waals surface area contributed by atoms with E-state index in [4.69, 9.17) is 11.6 Å². The Balaban J connectivity index is 2.36. The zero-order valence-electron chi connectivity index (χ0n) is 8.20. The van der Waals surface area contributed by atoms with E-state index < -0.39 is 0 Å². The van der Waals surface area contributed by atoms with E-state index in [1.807, 2.05) is 4.68 Å². The Kier molecular flexibility index (Phi) is 4.22. The first-order valence-electron chi connectivity index (χ1n) is 4.66. The molecule has 1 aromatic rings. The summed E-state index contributed by atoms with van der Waals surface area (Å²) >= 11 is 5.69. The molecule has 0 saturated carbocycles. The first kappa shape index (κ1) is 10.5. The van der Waals surface area contributed by atoms with Crippen LogP contribution < -0.4 is 0 Å². The second-order valence-corrected chi connectivity index (χ2v) is 3.84. The Morgan fingerprint density at radius 1 is 1.54 bits per heavy atom. The van der Waals surface area contributed by atoms with Gasteiger partial charge in [0.1, 0.15) is 12.2 Å². The SMILES string of the molecule is CC(C)CCCn1ncnc1CCl. The molecule has 1 rings (SSSR count). The molecule has 74 valence electrons.